The van der Waals surface area contributed by atoms with Gasteiger partial charge in [-0.1, -0.05) is 39.0 Å². The maximum absolute atomic E-state index is 13.4. The number of rotatable bonds is 9. The average Bonchev–Trinajstić information content (AvgIpc) is 2.82. The van der Waals surface area contributed by atoms with E-state index in [0.717, 1.165) is 12.8 Å². The van der Waals surface area contributed by atoms with Gasteiger partial charge in [-0.25, -0.2) is 0 Å². The maximum Gasteiger partial charge on any atom is 0.384 e. The lowest BCUT2D eigenvalue weighted by atomic mass is 10.1. The van der Waals surface area contributed by atoms with Crippen molar-refractivity contribution in [2.45, 2.75) is 51.6 Å². The monoisotopic (exact) mass is 262 g/mol. The quantitative estimate of drug-likeness (QED) is 0.557. The van der Waals surface area contributed by atoms with E-state index in [1.54, 1.807) is 5.38 Å². The normalized spacial score (nSPS) is 11.9. The fourth-order valence-corrected chi connectivity index (χ4v) is 2.26. The lowest BCUT2D eigenvalue weighted by Gasteiger charge is -2.15. The molecule has 1 aromatic rings. The van der Waals surface area contributed by atoms with E-state index in [2.05, 4.69) is 11.7 Å². The Morgan fingerprint density at radius 1 is 1.18 bits per heavy atom. The topological polar surface area (TPSA) is 9.23 Å². The zero-order valence-electron chi connectivity index (χ0n) is 10.3. The van der Waals surface area contributed by atoms with Gasteiger partial charge in [-0.2, -0.15) is 20.1 Å². The lowest BCUT2D eigenvalue weighted by Crippen LogP contribution is -2.18. The predicted octanol–water partition coefficient (Wildman–Crippen LogP) is 5.17. The Labute approximate surface area is 106 Å². The minimum Gasteiger partial charge on any atom is -0.317 e. The highest BCUT2D eigenvalue weighted by molar-refractivity contribution is 7.07. The second kappa shape index (κ2) is 7.77. The number of halogens is 2. The van der Waals surface area contributed by atoms with E-state index in [1.807, 2.05) is 0 Å². The summed E-state index contributed by atoms with van der Waals surface area (Å²) in [6, 6.07) is 1.41. The molecule has 0 aliphatic heterocycles. The van der Waals surface area contributed by atoms with Crippen LogP contribution in [0, 0.1) is 0 Å². The second-order valence-corrected chi connectivity index (χ2v) is 4.93. The van der Waals surface area contributed by atoms with Crippen LogP contribution in [-0.4, -0.2) is 6.61 Å². The van der Waals surface area contributed by atoms with Crippen LogP contribution in [0.25, 0.3) is 0 Å². The number of thiophene rings is 1. The summed E-state index contributed by atoms with van der Waals surface area (Å²) < 4.78 is 31.5. The van der Waals surface area contributed by atoms with Crippen LogP contribution in [0.15, 0.2) is 16.8 Å². The largest absolute Gasteiger partial charge is 0.384 e. The van der Waals surface area contributed by atoms with Crippen molar-refractivity contribution >= 4 is 11.3 Å². The van der Waals surface area contributed by atoms with Crippen LogP contribution < -0.4 is 0 Å². The summed E-state index contributed by atoms with van der Waals surface area (Å²) in [5, 5.41) is 3.07. The standard InChI is InChI=1S/C13H20F2OS/c1-2-3-4-5-6-7-9-16-13(14,15)12-8-10-17-11-12/h8,10-11H,2-7,9H2,1H3. The summed E-state index contributed by atoms with van der Waals surface area (Å²) in [5.74, 6) is 0. The first kappa shape index (κ1) is 14.6. The number of hydrogen-bond donors (Lipinski definition) is 0. The van der Waals surface area contributed by atoms with Gasteiger partial charge in [0.1, 0.15) is 0 Å². The Morgan fingerprint density at radius 2 is 1.88 bits per heavy atom. The summed E-state index contributed by atoms with van der Waals surface area (Å²) in [6.07, 6.45) is 3.30. The Balaban J connectivity index is 2.10. The van der Waals surface area contributed by atoms with Crippen LogP contribution in [0.4, 0.5) is 8.78 Å². The SMILES string of the molecule is CCCCCCCCOC(F)(F)c1ccsc1. The van der Waals surface area contributed by atoms with Crippen LogP contribution in [0.2, 0.25) is 0 Å². The van der Waals surface area contributed by atoms with E-state index >= 15 is 0 Å². The van der Waals surface area contributed by atoms with E-state index in [-0.39, 0.29) is 12.2 Å². The van der Waals surface area contributed by atoms with Gasteiger partial charge < -0.3 is 4.74 Å². The molecular weight excluding hydrogens is 242 g/mol. The Hall–Kier alpha value is -0.480. The first-order valence-electron chi connectivity index (χ1n) is 6.21. The van der Waals surface area contributed by atoms with Crippen LogP contribution in [0.5, 0.6) is 0 Å². The third kappa shape index (κ3) is 5.59. The zero-order valence-corrected chi connectivity index (χ0v) is 11.1. The van der Waals surface area contributed by atoms with Gasteiger partial charge in [0.15, 0.2) is 0 Å². The molecule has 1 heterocycles. The van der Waals surface area contributed by atoms with Crippen molar-refractivity contribution in [1.29, 1.82) is 0 Å². The average molecular weight is 262 g/mol. The van der Waals surface area contributed by atoms with Gasteiger partial charge in [-0.15, -0.1) is 0 Å². The molecule has 0 N–H and O–H groups in total. The molecule has 1 nitrogen and oxygen atoms in total. The van der Waals surface area contributed by atoms with E-state index in [9.17, 15) is 8.78 Å². The minimum atomic E-state index is -3.12. The Kier molecular flexibility index (Phi) is 6.66. The molecular formula is C13H20F2OS. The molecule has 0 fully saturated rings. The molecule has 0 saturated carbocycles. The molecule has 1 aromatic heterocycles. The van der Waals surface area contributed by atoms with Crippen molar-refractivity contribution < 1.29 is 13.5 Å². The first-order chi connectivity index (χ1) is 8.17. The third-order valence-electron chi connectivity index (χ3n) is 2.64. The highest BCUT2D eigenvalue weighted by atomic mass is 32.1. The van der Waals surface area contributed by atoms with Crippen molar-refractivity contribution in [3.05, 3.63) is 22.4 Å². The highest BCUT2D eigenvalue weighted by Crippen LogP contribution is 2.31. The maximum atomic E-state index is 13.4. The van der Waals surface area contributed by atoms with Gasteiger partial charge in [-0.05, 0) is 17.9 Å². The molecule has 0 amide bonds. The van der Waals surface area contributed by atoms with E-state index in [0.29, 0.717) is 6.42 Å². The van der Waals surface area contributed by atoms with Crippen LogP contribution in [0.1, 0.15) is 51.0 Å². The lowest BCUT2D eigenvalue weighted by molar-refractivity contribution is -0.248. The molecule has 0 aliphatic carbocycles. The van der Waals surface area contributed by atoms with Crippen molar-refractivity contribution in [1.82, 2.24) is 0 Å². The summed E-state index contributed by atoms with van der Waals surface area (Å²) >= 11 is 1.26. The van der Waals surface area contributed by atoms with Gasteiger partial charge in [-0.3, -0.25) is 0 Å². The Bertz CT molecular complexity index is 286. The molecule has 0 aromatic carbocycles. The van der Waals surface area contributed by atoms with Gasteiger partial charge >= 0.3 is 6.11 Å². The number of hydrogen-bond acceptors (Lipinski definition) is 2. The van der Waals surface area contributed by atoms with Gasteiger partial charge in [0.2, 0.25) is 0 Å². The van der Waals surface area contributed by atoms with Gasteiger partial charge in [0, 0.05) is 5.38 Å². The van der Waals surface area contributed by atoms with Crippen molar-refractivity contribution in [3.8, 4) is 0 Å². The molecule has 0 aliphatic rings. The molecule has 0 bridgehead atoms. The second-order valence-electron chi connectivity index (χ2n) is 4.15. The fraction of sp³-hybridized carbons (Fsp3) is 0.692. The first-order valence-corrected chi connectivity index (χ1v) is 7.15. The zero-order chi connectivity index (χ0) is 12.6. The van der Waals surface area contributed by atoms with Crippen LogP contribution in [-0.2, 0) is 10.8 Å². The molecule has 0 radical (unpaired) electrons. The smallest absolute Gasteiger partial charge is 0.317 e. The molecule has 98 valence electrons. The summed E-state index contributed by atoms with van der Waals surface area (Å²) in [7, 11) is 0. The molecule has 0 atom stereocenters. The number of unbranched alkanes of at least 4 members (excludes halogenated alkanes) is 5. The fourth-order valence-electron chi connectivity index (χ4n) is 1.60. The van der Waals surface area contributed by atoms with Crippen LogP contribution in [0.3, 0.4) is 0 Å². The molecule has 4 heteroatoms. The summed E-state index contributed by atoms with van der Waals surface area (Å²) in [6.45, 7) is 2.29. The predicted molar refractivity (Wildman–Crippen MR) is 67.5 cm³/mol. The van der Waals surface area contributed by atoms with E-state index in [4.69, 9.17) is 0 Å². The van der Waals surface area contributed by atoms with Crippen molar-refractivity contribution in [2.24, 2.45) is 0 Å². The molecule has 0 spiro atoms. The van der Waals surface area contributed by atoms with Crippen molar-refractivity contribution in [3.63, 3.8) is 0 Å². The molecule has 0 saturated heterocycles. The summed E-state index contributed by atoms with van der Waals surface area (Å²) in [4.78, 5) is 0. The number of alkyl halides is 2. The summed E-state index contributed by atoms with van der Waals surface area (Å²) in [5.41, 5.74) is -0.0338. The van der Waals surface area contributed by atoms with Crippen molar-refractivity contribution in [2.75, 3.05) is 6.61 Å². The third-order valence-corrected chi connectivity index (χ3v) is 3.32. The molecule has 17 heavy (non-hydrogen) atoms. The van der Waals surface area contributed by atoms with E-state index in [1.165, 1.54) is 42.0 Å². The van der Waals surface area contributed by atoms with E-state index < -0.39 is 6.11 Å². The van der Waals surface area contributed by atoms with Gasteiger partial charge in [0.25, 0.3) is 0 Å². The number of ether oxygens (including phenoxy) is 1. The highest BCUT2D eigenvalue weighted by Gasteiger charge is 2.32. The van der Waals surface area contributed by atoms with Crippen LogP contribution >= 0.6 is 11.3 Å². The molecule has 1 rings (SSSR count). The minimum absolute atomic E-state index is 0.0338. The molecule has 0 unspecified atom stereocenters. The Morgan fingerprint density at radius 3 is 2.53 bits per heavy atom. The van der Waals surface area contributed by atoms with Gasteiger partial charge in [0.05, 0.1) is 12.2 Å².